The second-order valence-electron chi connectivity index (χ2n) is 5.15. The molecule has 0 bridgehead atoms. The van der Waals surface area contributed by atoms with Gasteiger partial charge in [0.25, 0.3) is 5.91 Å². The van der Waals surface area contributed by atoms with Gasteiger partial charge in [0.05, 0.1) is 7.11 Å². The normalized spacial score (nSPS) is 11.7. The number of nitrogens with one attached hydrogen (secondary N) is 1. The summed E-state index contributed by atoms with van der Waals surface area (Å²) in [6.07, 6.45) is 0.184. The van der Waals surface area contributed by atoms with Gasteiger partial charge in [0.15, 0.2) is 0 Å². The Morgan fingerprint density at radius 3 is 2.32 bits per heavy atom. The smallest absolute Gasteiger partial charge is 0.328 e. The van der Waals surface area contributed by atoms with Crippen molar-refractivity contribution in [2.24, 2.45) is 0 Å². The number of esters is 1. The van der Waals surface area contributed by atoms with Crippen molar-refractivity contribution in [3.63, 3.8) is 0 Å². The lowest BCUT2D eigenvalue weighted by Crippen LogP contribution is -2.43. The summed E-state index contributed by atoms with van der Waals surface area (Å²) in [5.41, 5.74) is 1.08. The van der Waals surface area contributed by atoms with Gasteiger partial charge in [-0.05, 0) is 35.9 Å². The van der Waals surface area contributed by atoms with Gasteiger partial charge in [-0.25, -0.2) is 4.79 Å². The first kappa shape index (κ1) is 20.2. The third-order valence-electron chi connectivity index (χ3n) is 3.35. The van der Waals surface area contributed by atoms with E-state index in [0.717, 1.165) is 8.95 Å². The molecule has 0 aliphatic heterocycles. The molecule has 8 heteroatoms. The number of rotatable bonds is 5. The third kappa shape index (κ3) is 5.71. The molecule has 0 fully saturated rings. The SMILES string of the molecule is COC(=O)[C@@H](Cc1ccc(Cl)cc1Cl)NC(=O)c1cc(Br)cc(Br)c1. The van der Waals surface area contributed by atoms with Crippen LogP contribution in [-0.2, 0) is 16.0 Å². The lowest BCUT2D eigenvalue weighted by atomic mass is 10.1. The molecule has 1 amide bonds. The molecule has 0 unspecified atom stereocenters. The molecule has 0 radical (unpaired) electrons. The molecule has 0 aromatic heterocycles. The fourth-order valence-electron chi connectivity index (χ4n) is 2.17. The van der Waals surface area contributed by atoms with Crippen LogP contribution in [0.1, 0.15) is 15.9 Å². The standard InChI is InChI=1S/C17H13Br2Cl2NO3/c1-25-17(24)15(6-9-2-3-13(20)8-14(9)21)22-16(23)10-4-11(18)7-12(19)5-10/h2-5,7-8,15H,6H2,1H3,(H,22,23)/t15-/m1/s1. The molecule has 2 aromatic carbocycles. The minimum atomic E-state index is -0.881. The van der Waals surface area contributed by atoms with Gasteiger partial charge in [0.2, 0.25) is 0 Å². The zero-order valence-electron chi connectivity index (χ0n) is 13.0. The van der Waals surface area contributed by atoms with Gasteiger partial charge >= 0.3 is 5.97 Å². The van der Waals surface area contributed by atoms with Crippen LogP contribution in [0.4, 0.5) is 0 Å². The van der Waals surface area contributed by atoms with Crippen molar-refractivity contribution in [3.8, 4) is 0 Å². The summed E-state index contributed by atoms with van der Waals surface area (Å²) in [4.78, 5) is 24.6. The fraction of sp³-hybridized carbons (Fsp3) is 0.176. The molecule has 0 aliphatic carbocycles. The maximum atomic E-state index is 12.5. The quantitative estimate of drug-likeness (QED) is 0.575. The van der Waals surface area contributed by atoms with E-state index in [1.165, 1.54) is 7.11 Å². The Balaban J connectivity index is 2.22. The van der Waals surface area contributed by atoms with Crippen molar-refractivity contribution < 1.29 is 14.3 Å². The van der Waals surface area contributed by atoms with E-state index in [2.05, 4.69) is 37.2 Å². The number of amides is 1. The van der Waals surface area contributed by atoms with Crippen LogP contribution in [0.25, 0.3) is 0 Å². The number of halogens is 4. The van der Waals surface area contributed by atoms with Crippen LogP contribution in [0.15, 0.2) is 45.3 Å². The Kier molecular flexibility index (Phi) is 7.31. The predicted molar refractivity (Wildman–Crippen MR) is 105 cm³/mol. The Hall–Kier alpha value is -1.08. The summed E-state index contributed by atoms with van der Waals surface area (Å²) in [5, 5.41) is 3.59. The Labute approximate surface area is 172 Å². The summed E-state index contributed by atoms with van der Waals surface area (Å²) >= 11 is 18.7. The summed E-state index contributed by atoms with van der Waals surface area (Å²) in [6.45, 7) is 0. The van der Waals surface area contributed by atoms with E-state index in [1.54, 1.807) is 30.3 Å². The van der Waals surface area contributed by atoms with Crippen LogP contribution in [0, 0.1) is 0 Å². The Morgan fingerprint density at radius 1 is 1.12 bits per heavy atom. The van der Waals surface area contributed by atoms with Crippen molar-refractivity contribution in [1.29, 1.82) is 0 Å². The third-order valence-corrected chi connectivity index (χ3v) is 4.86. The topological polar surface area (TPSA) is 55.4 Å². The van der Waals surface area contributed by atoms with E-state index in [4.69, 9.17) is 27.9 Å². The predicted octanol–water partition coefficient (Wildman–Crippen LogP) is 5.03. The monoisotopic (exact) mass is 507 g/mol. The van der Waals surface area contributed by atoms with Gasteiger partial charge in [-0.2, -0.15) is 0 Å². The van der Waals surface area contributed by atoms with E-state index in [0.29, 0.717) is 21.2 Å². The highest BCUT2D eigenvalue weighted by molar-refractivity contribution is 9.11. The molecular weight excluding hydrogens is 497 g/mol. The van der Waals surface area contributed by atoms with Crippen molar-refractivity contribution >= 4 is 66.9 Å². The van der Waals surface area contributed by atoms with Crippen LogP contribution in [0.2, 0.25) is 10.0 Å². The number of ether oxygens (including phenoxy) is 1. The molecule has 0 saturated heterocycles. The zero-order chi connectivity index (χ0) is 18.6. The van der Waals surface area contributed by atoms with E-state index in [-0.39, 0.29) is 6.42 Å². The maximum absolute atomic E-state index is 12.5. The summed E-state index contributed by atoms with van der Waals surface area (Å²) in [5.74, 6) is -0.962. The van der Waals surface area contributed by atoms with Gasteiger partial charge in [0.1, 0.15) is 6.04 Å². The Morgan fingerprint density at radius 2 is 1.76 bits per heavy atom. The van der Waals surface area contributed by atoms with E-state index >= 15 is 0 Å². The highest BCUT2D eigenvalue weighted by Gasteiger charge is 2.24. The maximum Gasteiger partial charge on any atom is 0.328 e. The molecule has 0 saturated carbocycles. The second-order valence-corrected chi connectivity index (χ2v) is 7.82. The minimum Gasteiger partial charge on any atom is -0.467 e. The lowest BCUT2D eigenvalue weighted by Gasteiger charge is -2.17. The first-order valence-corrected chi connectivity index (χ1v) is 9.43. The Bertz CT molecular complexity index is 794. The van der Waals surface area contributed by atoms with Gasteiger partial charge in [-0.3, -0.25) is 4.79 Å². The number of carbonyl (C=O) groups excluding carboxylic acids is 2. The van der Waals surface area contributed by atoms with E-state index < -0.39 is 17.9 Å². The van der Waals surface area contributed by atoms with Gasteiger partial charge in [-0.1, -0.05) is 61.1 Å². The van der Waals surface area contributed by atoms with E-state index in [1.807, 2.05) is 6.07 Å². The number of hydrogen-bond acceptors (Lipinski definition) is 3. The summed E-state index contributed by atoms with van der Waals surface area (Å²) in [6, 6.07) is 9.20. The molecule has 0 aliphatic rings. The van der Waals surface area contributed by atoms with Crippen LogP contribution >= 0.6 is 55.1 Å². The van der Waals surface area contributed by atoms with Gasteiger partial charge < -0.3 is 10.1 Å². The number of methoxy groups -OCH3 is 1. The first-order valence-electron chi connectivity index (χ1n) is 7.09. The van der Waals surface area contributed by atoms with Crippen LogP contribution < -0.4 is 5.32 Å². The molecule has 1 N–H and O–H groups in total. The molecule has 0 heterocycles. The van der Waals surface area contributed by atoms with Crippen molar-refractivity contribution in [2.75, 3.05) is 7.11 Å². The molecule has 4 nitrogen and oxygen atoms in total. The molecule has 2 rings (SSSR count). The van der Waals surface area contributed by atoms with Crippen LogP contribution in [-0.4, -0.2) is 25.0 Å². The zero-order valence-corrected chi connectivity index (χ0v) is 17.7. The van der Waals surface area contributed by atoms with E-state index in [9.17, 15) is 9.59 Å². The van der Waals surface area contributed by atoms with Gasteiger partial charge in [0, 0.05) is 31.0 Å². The molecule has 1 atom stereocenters. The average molecular weight is 510 g/mol. The highest BCUT2D eigenvalue weighted by Crippen LogP contribution is 2.23. The molecule has 25 heavy (non-hydrogen) atoms. The average Bonchev–Trinajstić information content (AvgIpc) is 2.54. The summed E-state index contributed by atoms with van der Waals surface area (Å²) in [7, 11) is 1.26. The molecule has 2 aromatic rings. The lowest BCUT2D eigenvalue weighted by molar-refractivity contribution is -0.142. The molecular formula is C17H13Br2Cl2NO3. The van der Waals surface area contributed by atoms with Gasteiger partial charge in [-0.15, -0.1) is 0 Å². The number of hydrogen-bond donors (Lipinski definition) is 1. The van der Waals surface area contributed by atoms with Crippen molar-refractivity contribution in [2.45, 2.75) is 12.5 Å². The largest absolute Gasteiger partial charge is 0.467 e. The molecule has 132 valence electrons. The first-order chi connectivity index (χ1) is 11.8. The van der Waals surface area contributed by atoms with Crippen LogP contribution in [0.5, 0.6) is 0 Å². The number of carbonyl (C=O) groups is 2. The summed E-state index contributed by atoms with van der Waals surface area (Å²) < 4.78 is 6.27. The second kappa shape index (κ2) is 9.03. The van der Waals surface area contributed by atoms with Crippen molar-refractivity contribution in [1.82, 2.24) is 5.32 Å². The number of benzene rings is 2. The molecule has 0 spiro atoms. The fourth-order valence-corrected chi connectivity index (χ4v) is 3.95. The minimum absolute atomic E-state index is 0.184. The van der Waals surface area contributed by atoms with Crippen molar-refractivity contribution in [3.05, 3.63) is 66.5 Å². The van der Waals surface area contributed by atoms with Crippen LogP contribution in [0.3, 0.4) is 0 Å². The highest BCUT2D eigenvalue weighted by atomic mass is 79.9.